The zero-order valence-electron chi connectivity index (χ0n) is 18.8. The van der Waals surface area contributed by atoms with Gasteiger partial charge in [-0.25, -0.2) is 0 Å². The second kappa shape index (κ2) is 9.85. The molecule has 1 fully saturated rings. The Labute approximate surface area is 191 Å². The molecule has 1 aromatic heterocycles. The summed E-state index contributed by atoms with van der Waals surface area (Å²) < 4.78 is 11.9. The number of carbonyl (C=O) groups excluding carboxylic acids is 2. The molecule has 0 atom stereocenters. The van der Waals surface area contributed by atoms with Crippen LogP contribution < -0.4 is 10.3 Å². The number of piperidine rings is 1. The molecule has 0 saturated carbocycles. The highest BCUT2D eigenvalue weighted by Gasteiger charge is 2.30. The minimum absolute atomic E-state index is 0.198. The number of ether oxygens (including phenoxy) is 2. The fraction of sp³-hybridized carbons (Fsp3) is 0.360. The molecule has 0 unspecified atom stereocenters. The Balaban J connectivity index is 1.67. The van der Waals surface area contributed by atoms with Crippen LogP contribution in [0, 0.1) is 5.92 Å². The Morgan fingerprint density at radius 1 is 0.970 bits per heavy atom. The Bertz CT molecular complexity index is 1210. The molecule has 2 aromatic carbocycles. The van der Waals surface area contributed by atoms with Crippen molar-refractivity contribution in [2.75, 3.05) is 26.3 Å². The molecule has 1 aliphatic heterocycles. The van der Waals surface area contributed by atoms with Gasteiger partial charge in [0.25, 0.3) is 11.5 Å². The number of hydrogen-bond donors (Lipinski definition) is 0. The van der Waals surface area contributed by atoms with Crippen molar-refractivity contribution in [1.82, 2.24) is 14.7 Å². The summed E-state index contributed by atoms with van der Waals surface area (Å²) in [5.74, 6) is 0.0257. The minimum atomic E-state index is -0.299. The summed E-state index contributed by atoms with van der Waals surface area (Å²) in [6.07, 6.45) is 1.09. The molecule has 1 amide bonds. The zero-order chi connectivity index (χ0) is 23.4. The molecule has 2 heterocycles. The fourth-order valence-corrected chi connectivity index (χ4v) is 4.10. The number of esters is 1. The lowest BCUT2D eigenvalue weighted by Gasteiger charge is -2.30. The molecule has 4 rings (SSSR count). The van der Waals surface area contributed by atoms with E-state index in [-0.39, 0.29) is 29.0 Å². The average molecular weight is 450 g/mol. The third kappa shape index (κ3) is 4.60. The SMILES string of the molecule is CCOC(=O)C1CCN(C(=O)c2nn(-c3ccc(OCC)cc3)c(=O)c3ccccc23)CC1. The Kier molecular flexibility index (Phi) is 6.72. The standard InChI is InChI=1S/C25H27N3O5/c1-3-32-19-11-9-18(10-12-19)28-23(29)21-8-6-5-7-20(21)22(26-28)24(30)27-15-13-17(14-16-27)25(31)33-4-2/h5-12,17H,3-4,13-16H2,1-2H3. The number of aromatic nitrogens is 2. The Morgan fingerprint density at radius 2 is 1.64 bits per heavy atom. The predicted octanol–water partition coefficient (Wildman–Crippen LogP) is 3.20. The molecule has 3 aromatic rings. The lowest BCUT2D eigenvalue weighted by atomic mass is 9.96. The number of rotatable bonds is 6. The summed E-state index contributed by atoms with van der Waals surface area (Å²) >= 11 is 0. The van der Waals surface area contributed by atoms with Crippen molar-refractivity contribution in [2.24, 2.45) is 5.92 Å². The van der Waals surface area contributed by atoms with Crippen LogP contribution >= 0.6 is 0 Å². The third-order valence-electron chi connectivity index (χ3n) is 5.80. The van der Waals surface area contributed by atoms with Gasteiger partial charge in [0.15, 0.2) is 5.69 Å². The molecule has 0 N–H and O–H groups in total. The largest absolute Gasteiger partial charge is 0.494 e. The van der Waals surface area contributed by atoms with Gasteiger partial charge >= 0.3 is 5.97 Å². The number of nitrogens with zero attached hydrogens (tertiary/aromatic N) is 3. The number of amides is 1. The number of hydrogen-bond acceptors (Lipinski definition) is 6. The quantitative estimate of drug-likeness (QED) is 0.537. The maximum absolute atomic E-state index is 13.5. The van der Waals surface area contributed by atoms with Crippen LogP contribution in [-0.4, -0.2) is 52.9 Å². The first-order valence-corrected chi connectivity index (χ1v) is 11.2. The molecule has 1 saturated heterocycles. The zero-order valence-corrected chi connectivity index (χ0v) is 18.8. The van der Waals surface area contributed by atoms with Crippen molar-refractivity contribution in [3.8, 4) is 11.4 Å². The Hall–Kier alpha value is -3.68. The van der Waals surface area contributed by atoms with Crippen LogP contribution in [0.3, 0.4) is 0 Å². The summed E-state index contributed by atoms with van der Waals surface area (Å²) in [5.41, 5.74) is 0.463. The first-order valence-electron chi connectivity index (χ1n) is 11.2. The van der Waals surface area contributed by atoms with Crippen molar-refractivity contribution in [2.45, 2.75) is 26.7 Å². The molecule has 0 radical (unpaired) electrons. The van der Waals surface area contributed by atoms with Crippen LogP contribution in [0.1, 0.15) is 37.2 Å². The van der Waals surface area contributed by atoms with Gasteiger partial charge in [0.2, 0.25) is 0 Å². The van der Waals surface area contributed by atoms with Crippen LogP contribution in [0.5, 0.6) is 5.75 Å². The van der Waals surface area contributed by atoms with Crippen molar-refractivity contribution in [1.29, 1.82) is 0 Å². The second-order valence-corrected chi connectivity index (χ2v) is 7.86. The Morgan fingerprint density at radius 3 is 2.27 bits per heavy atom. The van der Waals surface area contributed by atoms with E-state index in [1.54, 1.807) is 60.4 Å². The number of carbonyl (C=O) groups is 2. The fourth-order valence-electron chi connectivity index (χ4n) is 4.10. The van der Waals surface area contributed by atoms with E-state index in [1.807, 2.05) is 6.92 Å². The summed E-state index contributed by atoms with van der Waals surface area (Å²) in [5, 5.41) is 5.42. The smallest absolute Gasteiger partial charge is 0.309 e. The first kappa shape index (κ1) is 22.5. The maximum Gasteiger partial charge on any atom is 0.309 e. The van der Waals surface area contributed by atoms with E-state index in [0.29, 0.717) is 61.4 Å². The van der Waals surface area contributed by atoms with Crippen LogP contribution in [0.4, 0.5) is 0 Å². The van der Waals surface area contributed by atoms with Gasteiger partial charge in [-0.15, -0.1) is 0 Å². The van der Waals surface area contributed by atoms with E-state index < -0.39 is 0 Å². The topological polar surface area (TPSA) is 90.7 Å². The number of likely N-dealkylation sites (tertiary alicyclic amines) is 1. The van der Waals surface area contributed by atoms with Gasteiger partial charge < -0.3 is 14.4 Å². The van der Waals surface area contributed by atoms with E-state index in [2.05, 4.69) is 5.10 Å². The summed E-state index contributed by atoms with van der Waals surface area (Å²) in [7, 11) is 0. The van der Waals surface area contributed by atoms with Gasteiger partial charge in [-0.05, 0) is 57.0 Å². The summed E-state index contributed by atoms with van der Waals surface area (Å²) in [4.78, 5) is 40.4. The van der Waals surface area contributed by atoms with E-state index >= 15 is 0 Å². The van der Waals surface area contributed by atoms with E-state index in [4.69, 9.17) is 9.47 Å². The molecule has 0 aliphatic carbocycles. The van der Waals surface area contributed by atoms with Gasteiger partial charge in [0.1, 0.15) is 5.75 Å². The predicted molar refractivity (Wildman–Crippen MR) is 124 cm³/mol. The molecule has 33 heavy (non-hydrogen) atoms. The van der Waals surface area contributed by atoms with Crippen LogP contribution in [-0.2, 0) is 9.53 Å². The molecule has 8 heteroatoms. The molecule has 1 aliphatic rings. The van der Waals surface area contributed by atoms with Crippen molar-refractivity contribution >= 4 is 22.6 Å². The molecule has 8 nitrogen and oxygen atoms in total. The van der Waals surface area contributed by atoms with Crippen molar-refractivity contribution < 1.29 is 19.1 Å². The van der Waals surface area contributed by atoms with Gasteiger partial charge in [0, 0.05) is 18.5 Å². The molecular formula is C25H27N3O5. The number of fused-ring (bicyclic) bond motifs is 1. The third-order valence-corrected chi connectivity index (χ3v) is 5.80. The summed E-state index contributed by atoms with van der Waals surface area (Å²) in [6.45, 7) is 5.43. The van der Waals surface area contributed by atoms with Gasteiger partial charge in [-0.3, -0.25) is 14.4 Å². The average Bonchev–Trinajstić information content (AvgIpc) is 2.85. The van der Waals surface area contributed by atoms with Gasteiger partial charge in [-0.1, -0.05) is 18.2 Å². The lowest BCUT2D eigenvalue weighted by Crippen LogP contribution is -2.41. The van der Waals surface area contributed by atoms with E-state index in [9.17, 15) is 14.4 Å². The van der Waals surface area contributed by atoms with E-state index in [1.165, 1.54) is 4.68 Å². The maximum atomic E-state index is 13.5. The van der Waals surface area contributed by atoms with Crippen molar-refractivity contribution in [3.63, 3.8) is 0 Å². The highest BCUT2D eigenvalue weighted by molar-refractivity contribution is 6.05. The molecule has 0 spiro atoms. The summed E-state index contributed by atoms with van der Waals surface area (Å²) in [6, 6.07) is 14.0. The van der Waals surface area contributed by atoms with Crippen LogP contribution in [0.2, 0.25) is 0 Å². The highest BCUT2D eigenvalue weighted by atomic mass is 16.5. The first-order chi connectivity index (χ1) is 16.0. The lowest BCUT2D eigenvalue weighted by molar-refractivity contribution is -0.149. The molecule has 172 valence electrons. The van der Waals surface area contributed by atoms with Crippen LogP contribution in [0.15, 0.2) is 53.3 Å². The second-order valence-electron chi connectivity index (χ2n) is 7.86. The van der Waals surface area contributed by atoms with Gasteiger partial charge in [-0.2, -0.15) is 9.78 Å². The molecule has 0 bridgehead atoms. The van der Waals surface area contributed by atoms with Gasteiger partial charge in [0.05, 0.1) is 30.2 Å². The van der Waals surface area contributed by atoms with E-state index in [0.717, 1.165) is 0 Å². The number of benzene rings is 2. The van der Waals surface area contributed by atoms with Crippen molar-refractivity contribution in [3.05, 3.63) is 64.6 Å². The normalized spacial score (nSPS) is 14.3. The minimum Gasteiger partial charge on any atom is -0.494 e. The highest BCUT2D eigenvalue weighted by Crippen LogP contribution is 2.23. The molecular weight excluding hydrogens is 422 g/mol. The monoisotopic (exact) mass is 449 g/mol. The van der Waals surface area contributed by atoms with Crippen LogP contribution in [0.25, 0.3) is 16.5 Å².